The molecule has 5 nitrogen and oxygen atoms in total. The minimum Gasteiger partial charge on any atom is -0.385 e. The van der Waals surface area contributed by atoms with Gasteiger partial charge in [0.1, 0.15) is 0 Å². The summed E-state index contributed by atoms with van der Waals surface area (Å²) in [6.45, 7) is 4.56. The van der Waals surface area contributed by atoms with Crippen LogP contribution in [0.4, 0.5) is 0 Å². The normalized spacial score (nSPS) is 19.9. The van der Waals surface area contributed by atoms with E-state index in [0.29, 0.717) is 26.1 Å². The van der Waals surface area contributed by atoms with Crippen LogP contribution in [0.25, 0.3) is 0 Å². The Hall–Kier alpha value is 0.310. The molecule has 1 aliphatic rings. The lowest BCUT2D eigenvalue weighted by Crippen LogP contribution is -2.37. The maximum atomic E-state index is 12.1. The van der Waals surface area contributed by atoms with Gasteiger partial charge >= 0.3 is 0 Å². The second kappa shape index (κ2) is 8.47. The number of hydrogen-bond acceptors (Lipinski definition) is 4. The van der Waals surface area contributed by atoms with E-state index in [1.807, 2.05) is 0 Å². The smallest absolute Gasteiger partial charge is 0.214 e. The number of halogens is 1. The van der Waals surface area contributed by atoms with Gasteiger partial charge in [-0.05, 0) is 19.4 Å². The molecule has 0 unspecified atom stereocenters. The minimum absolute atomic E-state index is 0.194. The first-order valence-electron chi connectivity index (χ1n) is 6.35. The van der Waals surface area contributed by atoms with Crippen LogP contribution in [-0.2, 0) is 14.8 Å². The van der Waals surface area contributed by atoms with Crippen LogP contribution < -0.4 is 0 Å². The van der Waals surface area contributed by atoms with Gasteiger partial charge in [-0.1, -0.05) is 15.9 Å². The maximum absolute atomic E-state index is 12.1. The molecule has 0 aromatic heterocycles. The largest absolute Gasteiger partial charge is 0.385 e. The Morgan fingerprint density at radius 3 is 2.67 bits per heavy atom. The van der Waals surface area contributed by atoms with Gasteiger partial charge < -0.3 is 9.64 Å². The third-order valence-corrected chi connectivity index (χ3v) is 5.40. The Bertz CT molecular complexity index is 324. The zero-order valence-electron chi connectivity index (χ0n) is 11.0. The average molecular weight is 343 g/mol. The molecule has 0 saturated carbocycles. The molecule has 0 aromatic rings. The van der Waals surface area contributed by atoms with Crippen LogP contribution >= 0.6 is 15.9 Å². The van der Waals surface area contributed by atoms with Gasteiger partial charge in [-0.3, -0.25) is 0 Å². The average Bonchev–Trinajstić information content (AvgIpc) is 2.56. The molecule has 18 heavy (non-hydrogen) atoms. The fourth-order valence-corrected chi connectivity index (χ4v) is 4.09. The summed E-state index contributed by atoms with van der Waals surface area (Å²) in [6, 6.07) is 0. The van der Waals surface area contributed by atoms with Crippen molar-refractivity contribution in [2.24, 2.45) is 0 Å². The highest BCUT2D eigenvalue weighted by molar-refractivity contribution is 9.09. The van der Waals surface area contributed by atoms with Crippen molar-refractivity contribution in [2.45, 2.75) is 12.8 Å². The first-order chi connectivity index (χ1) is 8.60. The molecule has 0 aliphatic carbocycles. The summed E-state index contributed by atoms with van der Waals surface area (Å²) >= 11 is 3.42. The number of sulfonamides is 1. The summed E-state index contributed by atoms with van der Waals surface area (Å²) in [4.78, 5) is 2.30. The van der Waals surface area contributed by atoms with Gasteiger partial charge in [0, 0.05) is 45.2 Å². The Morgan fingerprint density at radius 2 is 2.00 bits per heavy atom. The van der Waals surface area contributed by atoms with E-state index in [4.69, 9.17) is 4.74 Å². The predicted molar refractivity (Wildman–Crippen MR) is 76.7 cm³/mol. The number of hydrogen-bond donors (Lipinski definition) is 0. The summed E-state index contributed by atoms with van der Waals surface area (Å²) in [5.41, 5.74) is 0. The van der Waals surface area contributed by atoms with Gasteiger partial charge in [0.05, 0.1) is 5.75 Å². The third kappa shape index (κ3) is 5.52. The quantitative estimate of drug-likeness (QED) is 0.506. The molecule has 1 fully saturated rings. The molecule has 0 radical (unpaired) electrons. The van der Waals surface area contributed by atoms with E-state index in [2.05, 4.69) is 20.8 Å². The second-order valence-corrected chi connectivity index (χ2v) is 7.33. The molecule has 1 rings (SSSR count). The molecule has 0 atom stereocenters. The molecular formula is C11H23BrN2O3S. The Labute approximate surface area is 119 Å². The number of alkyl halides is 1. The molecule has 108 valence electrons. The van der Waals surface area contributed by atoms with E-state index in [-0.39, 0.29) is 5.75 Å². The zero-order chi connectivity index (χ0) is 13.4. The molecule has 7 heteroatoms. The number of rotatable bonds is 7. The number of ether oxygens (including phenoxy) is 1. The summed E-state index contributed by atoms with van der Waals surface area (Å²) in [5, 5.41) is 0.938. The van der Waals surface area contributed by atoms with Crippen LogP contribution in [-0.4, -0.2) is 75.1 Å². The van der Waals surface area contributed by atoms with Crippen LogP contribution in [0.1, 0.15) is 12.8 Å². The molecule has 0 bridgehead atoms. The van der Waals surface area contributed by atoms with Crippen LogP contribution in [0, 0.1) is 0 Å². The van der Waals surface area contributed by atoms with E-state index in [1.165, 1.54) is 0 Å². The molecule has 0 amide bonds. The van der Waals surface area contributed by atoms with Gasteiger partial charge in [0.15, 0.2) is 0 Å². The fraction of sp³-hybridized carbons (Fsp3) is 1.00. The lowest BCUT2D eigenvalue weighted by molar-refractivity contribution is 0.199. The molecule has 1 aliphatic heterocycles. The molecule has 0 spiro atoms. The van der Waals surface area contributed by atoms with E-state index >= 15 is 0 Å². The van der Waals surface area contributed by atoms with Crippen molar-refractivity contribution < 1.29 is 13.2 Å². The Morgan fingerprint density at radius 1 is 1.22 bits per heavy atom. The molecule has 0 aromatic carbocycles. The highest BCUT2D eigenvalue weighted by Gasteiger charge is 2.24. The van der Waals surface area contributed by atoms with Crippen molar-refractivity contribution in [3.8, 4) is 0 Å². The standard InChI is InChI=1S/C11H23BrN2O3S/c1-17-10-3-11-18(15,16)14-6-2-5-13(7-4-12)8-9-14/h2-11H2,1H3. The summed E-state index contributed by atoms with van der Waals surface area (Å²) in [5.74, 6) is 0.194. The molecular weight excluding hydrogens is 320 g/mol. The lowest BCUT2D eigenvalue weighted by atomic mass is 10.4. The van der Waals surface area contributed by atoms with Crippen molar-refractivity contribution in [3.05, 3.63) is 0 Å². The Kier molecular flexibility index (Phi) is 7.70. The fourth-order valence-electron chi connectivity index (χ4n) is 2.08. The number of nitrogens with zero attached hydrogens (tertiary/aromatic N) is 2. The highest BCUT2D eigenvalue weighted by Crippen LogP contribution is 2.10. The SMILES string of the molecule is COCCCS(=O)(=O)N1CCCN(CCBr)CC1. The van der Waals surface area contributed by atoms with Crippen LogP contribution in [0.5, 0.6) is 0 Å². The summed E-state index contributed by atoms with van der Waals surface area (Å²) < 4.78 is 30.8. The lowest BCUT2D eigenvalue weighted by Gasteiger charge is -2.21. The van der Waals surface area contributed by atoms with Gasteiger partial charge in [-0.2, -0.15) is 0 Å². The molecule has 1 saturated heterocycles. The van der Waals surface area contributed by atoms with Crippen molar-refractivity contribution >= 4 is 26.0 Å². The minimum atomic E-state index is -3.10. The van der Waals surface area contributed by atoms with Gasteiger partial charge in [0.2, 0.25) is 10.0 Å². The van der Waals surface area contributed by atoms with Crippen LogP contribution in [0.2, 0.25) is 0 Å². The van der Waals surface area contributed by atoms with E-state index in [0.717, 1.165) is 31.4 Å². The zero-order valence-corrected chi connectivity index (χ0v) is 13.4. The first-order valence-corrected chi connectivity index (χ1v) is 9.08. The predicted octanol–water partition coefficient (Wildman–Crippen LogP) is 0.755. The van der Waals surface area contributed by atoms with E-state index < -0.39 is 10.0 Å². The van der Waals surface area contributed by atoms with Gasteiger partial charge in [0.25, 0.3) is 0 Å². The van der Waals surface area contributed by atoms with Crippen LogP contribution in [0.3, 0.4) is 0 Å². The van der Waals surface area contributed by atoms with E-state index in [1.54, 1.807) is 11.4 Å². The Balaban J connectivity index is 2.45. The van der Waals surface area contributed by atoms with E-state index in [9.17, 15) is 8.42 Å². The maximum Gasteiger partial charge on any atom is 0.214 e. The van der Waals surface area contributed by atoms with Crippen molar-refractivity contribution in [3.63, 3.8) is 0 Å². The van der Waals surface area contributed by atoms with Crippen LogP contribution in [0.15, 0.2) is 0 Å². The third-order valence-electron chi connectivity index (χ3n) is 3.09. The topological polar surface area (TPSA) is 49.9 Å². The van der Waals surface area contributed by atoms with Crippen molar-refractivity contribution in [1.29, 1.82) is 0 Å². The van der Waals surface area contributed by atoms with Gasteiger partial charge in [-0.15, -0.1) is 0 Å². The monoisotopic (exact) mass is 342 g/mol. The second-order valence-electron chi connectivity index (χ2n) is 4.45. The van der Waals surface area contributed by atoms with Crippen molar-refractivity contribution in [1.82, 2.24) is 9.21 Å². The van der Waals surface area contributed by atoms with Crippen molar-refractivity contribution in [2.75, 3.05) is 57.5 Å². The summed E-state index contributed by atoms with van der Waals surface area (Å²) in [7, 11) is -1.51. The van der Waals surface area contributed by atoms with Gasteiger partial charge in [-0.25, -0.2) is 12.7 Å². The highest BCUT2D eigenvalue weighted by atomic mass is 79.9. The summed E-state index contributed by atoms with van der Waals surface area (Å²) in [6.07, 6.45) is 1.48. The molecule has 1 heterocycles. The molecule has 0 N–H and O–H groups in total. The number of methoxy groups -OCH3 is 1. The first kappa shape index (κ1) is 16.4.